The quantitative estimate of drug-likeness (QED) is 0.417. The van der Waals surface area contributed by atoms with Crippen molar-refractivity contribution in [3.05, 3.63) is 70.4 Å². The lowest BCUT2D eigenvalue weighted by Gasteiger charge is -2.09. The molecule has 0 aliphatic carbocycles. The Labute approximate surface area is 144 Å². The number of hydrogen-bond acceptors (Lipinski definition) is 6. The summed E-state index contributed by atoms with van der Waals surface area (Å²) < 4.78 is 5.65. The first-order valence-electron chi connectivity index (χ1n) is 7.73. The third-order valence-corrected chi connectivity index (χ3v) is 3.56. The number of hydrogen-bond donors (Lipinski definition) is 1. The van der Waals surface area contributed by atoms with Crippen molar-refractivity contribution in [2.45, 2.75) is 6.92 Å². The van der Waals surface area contributed by atoms with E-state index in [0.29, 0.717) is 12.4 Å². The Bertz CT molecular complexity index is 923. The number of aromatic nitrogens is 1. The largest absolute Gasteiger partial charge is 0.493 e. The first kappa shape index (κ1) is 16.4. The van der Waals surface area contributed by atoms with Crippen LogP contribution in [0.4, 0.5) is 11.5 Å². The molecule has 0 unspecified atom stereocenters. The molecule has 2 aromatic carbocycles. The van der Waals surface area contributed by atoms with Gasteiger partial charge in [-0.15, -0.1) is 0 Å². The molecule has 1 aromatic heterocycles. The number of nitro groups is 1. The van der Waals surface area contributed by atoms with Crippen molar-refractivity contribution in [2.24, 2.45) is 5.10 Å². The molecule has 1 heterocycles. The van der Waals surface area contributed by atoms with Crippen LogP contribution in [0.15, 0.2) is 59.8 Å². The summed E-state index contributed by atoms with van der Waals surface area (Å²) in [6.45, 7) is 2.55. The Morgan fingerprint density at radius 2 is 2.00 bits per heavy atom. The second-order valence-electron chi connectivity index (χ2n) is 5.16. The van der Waals surface area contributed by atoms with Crippen molar-refractivity contribution in [3.63, 3.8) is 0 Å². The third kappa shape index (κ3) is 3.72. The summed E-state index contributed by atoms with van der Waals surface area (Å²) in [6.07, 6.45) is 2.87. The van der Waals surface area contributed by atoms with Crippen LogP contribution in [0.5, 0.6) is 5.75 Å². The highest BCUT2D eigenvalue weighted by Gasteiger charge is 2.06. The summed E-state index contributed by atoms with van der Waals surface area (Å²) in [5.74, 6) is 1.26. The number of benzene rings is 2. The molecule has 0 aliphatic rings. The zero-order valence-electron chi connectivity index (χ0n) is 13.5. The smallest absolute Gasteiger partial charge is 0.287 e. The summed E-state index contributed by atoms with van der Waals surface area (Å²) >= 11 is 0. The van der Waals surface area contributed by atoms with E-state index in [9.17, 15) is 10.1 Å². The van der Waals surface area contributed by atoms with E-state index in [-0.39, 0.29) is 5.69 Å². The maximum Gasteiger partial charge on any atom is 0.287 e. The number of nitrogens with zero attached hydrogens (tertiary/aromatic N) is 3. The zero-order valence-corrected chi connectivity index (χ0v) is 13.5. The van der Waals surface area contributed by atoms with Gasteiger partial charge in [-0.05, 0) is 30.5 Å². The van der Waals surface area contributed by atoms with Crippen molar-refractivity contribution < 1.29 is 9.66 Å². The second-order valence-corrected chi connectivity index (χ2v) is 5.16. The van der Waals surface area contributed by atoms with Gasteiger partial charge in [-0.3, -0.25) is 15.5 Å². The fourth-order valence-electron chi connectivity index (χ4n) is 2.42. The van der Waals surface area contributed by atoms with Crippen LogP contribution in [0.2, 0.25) is 0 Å². The van der Waals surface area contributed by atoms with E-state index in [2.05, 4.69) is 15.5 Å². The molecule has 0 radical (unpaired) electrons. The van der Waals surface area contributed by atoms with Gasteiger partial charge in [-0.2, -0.15) is 5.10 Å². The van der Waals surface area contributed by atoms with Crippen LogP contribution < -0.4 is 10.2 Å². The minimum absolute atomic E-state index is 0.0629. The van der Waals surface area contributed by atoms with E-state index in [1.54, 1.807) is 6.21 Å². The minimum Gasteiger partial charge on any atom is -0.493 e. The Morgan fingerprint density at radius 3 is 2.68 bits per heavy atom. The van der Waals surface area contributed by atoms with Crippen LogP contribution in [0.1, 0.15) is 12.5 Å². The van der Waals surface area contributed by atoms with Crippen LogP contribution in [0.25, 0.3) is 10.8 Å². The molecule has 0 aliphatic heterocycles. The molecule has 126 valence electrons. The first-order valence-corrected chi connectivity index (χ1v) is 7.73. The molecule has 25 heavy (non-hydrogen) atoms. The molecule has 7 nitrogen and oxygen atoms in total. The molecular formula is C18H16N4O3. The summed E-state index contributed by atoms with van der Waals surface area (Å²) in [7, 11) is 0. The molecule has 0 saturated carbocycles. The molecule has 3 aromatic rings. The highest BCUT2D eigenvalue weighted by atomic mass is 16.6. The van der Waals surface area contributed by atoms with Crippen LogP contribution >= 0.6 is 0 Å². The standard InChI is InChI=1S/C18H16N4O3/c1-2-25-17-9-7-13(15-5-3-4-6-16(15)17)11-20-21-18-10-8-14(12-19-18)22(23)24/h3-12H,2H2,1H3,(H,19,21)/b20-11+. The lowest BCUT2D eigenvalue weighted by Crippen LogP contribution is -1.96. The Balaban J connectivity index is 1.81. The average Bonchev–Trinajstić information content (AvgIpc) is 2.64. The summed E-state index contributed by atoms with van der Waals surface area (Å²) in [6, 6.07) is 14.7. The van der Waals surface area contributed by atoms with Crippen molar-refractivity contribution in [3.8, 4) is 5.75 Å². The lowest BCUT2D eigenvalue weighted by molar-refractivity contribution is -0.385. The molecule has 1 N–H and O–H groups in total. The number of ether oxygens (including phenoxy) is 1. The van der Waals surface area contributed by atoms with Gasteiger partial charge in [-0.1, -0.05) is 24.3 Å². The van der Waals surface area contributed by atoms with Gasteiger partial charge >= 0.3 is 0 Å². The van der Waals surface area contributed by atoms with E-state index < -0.39 is 4.92 Å². The maximum absolute atomic E-state index is 10.6. The third-order valence-electron chi connectivity index (χ3n) is 3.56. The fourth-order valence-corrected chi connectivity index (χ4v) is 2.42. The molecule has 0 spiro atoms. The topological polar surface area (TPSA) is 89.6 Å². The lowest BCUT2D eigenvalue weighted by atomic mass is 10.0. The van der Waals surface area contributed by atoms with Crippen molar-refractivity contribution in [1.82, 2.24) is 4.98 Å². The van der Waals surface area contributed by atoms with Gasteiger partial charge in [0.15, 0.2) is 0 Å². The second kappa shape index (κ2) is 7.39. The fraction of sp³-hybridized carbons (Fsp3) is 0.111. The van der Waals surface area contributed by atoms with Gasteiger partial charge in [-0.25, -0.2) is 4.98 Å². The van der Waals surface area contributed by atoms with Crippen LogP contribution in [-0.2, 0) is 0 Å². The Morgan fingerprint density at radius 1 is 1.20 bits per heavy atom. The van der Waals surface area contributed by atoms with E-state index in [1.807, 2.05) is 43.3 Å². The van der Waals surface area contributed by atoms with Gasteiger partial charge in [0.2, 0.25) is 0 Å². The molecular weight excluding hydrogens is 320 g/mol. The predicted octanol–water partition coefficient (Wildman–Crippen LogP) is 3.99. The van der Waals surface area contributed by atoms with Crippen LogP contribution in [0.3, 0.4) is 0 Å². The molecule has 0 amide bonds. The van der Waals surface area contributed by atoms with Crippen LogP contribution in [0, 0.1) is 10.1 Å². The van der Waals surface area contributed by atoms with E-state index >= 15 is 0 Å². The van der Waals surface area contributed by atoms with Gasteiger partial charge in [0.05, 0.1) is 17.7 Å². The van der Waals surface area contributed by atoms with Crippen LogP contribution in [-0.4, -0.2) is 22.7 Å². The Kier molecular flexibility index (Phi) is 4.84. The highest BCUT2D eigenvalue weighted by Crippen LogP contribution is 2.27. The summed E-state index contributed by atoms with van der Waals surface area (Å²) in [5.41, 5.74) is 3.63. The first-order chi connectivity index (χ1) is 12.2. The average molecular weight is 336 g/mol. The normalized spacial score (nSPS) is 10.9. The molecule has 0 saturated heterocycles. The van der Waals surface area contributed by atoms with Gasteiger partial charge in [0.1, 0.15) is 17.8 Å². The van der Waals surface area contributed by atoms with Crippen molar-refractivity contribution in [2.75, 3.05) is 12.0 Å². The van der Waals surface area contributed by atoms with E-state index in [1.165, 1.54) is 18.3 Å². The molecule has 0 bridgehead atoms. The van der Waals surface area contributed by atoms with Crippen molar-refractivity contribution in [1.29, 1.82) is 0 Å². The number of nitrogens with one attached hydrogen (secondary N) is 1. The number of anilines is 1. The molecule has 0 atom stereocenters. The molecule has 3 rings (SSSR count). The number of fused-ring (bicyclic) bond motifs is 1. The monoisotopic (exact) mass is 336 g/mol. The molecule has 7 heteroatoms. The Hall–Kier alpha value is -3.48. The minimum atomic E-state index is -0.494. The summed E-state index contributed by atoms with van der Waals surface area (Å²) in [5, 5.41) is 16.8. The van der Waals surface area contributed by atoms with Gasteiger partial charge in [0.25, 0.3) is 5.69 Å². The number of rotatable bonds is 6. The number of hydrazone groups is 1. The maximum atomic E-state index is 10.6. The SMILES string of the molecule is CCOc1ccc(/C=N/Nc2ccc([N+](=O)[O-])cn2)c2ccccc12. The van der Waals surface area contributed by atoms with E-state index in [0.717, 1.165) is 22.1 Å². The molecule has 0 fully saturated rings. The van der Waals surface area contributed by atoms with E-state index in [4.69, 9.17) is 4.74 Å². The van der Waals surface area contributed by atoms with Gasteiger partial charge in [0, 0.05) is 17.0 Å². The van der Waals surface area contributed by atoms with Gasteiger partial charge < -0.3 is 4.74 Å². The zero-order chi connectivity index (χ0) is 17.6. The summed E-state index contributed by atoms with van der Waals surface area (Å²) in [4.78, 5) is 14.1. The van der Waals surface area contributed by atoms with Crippen molar-refractivity contribution >= 4 is 28.5 Å². The predicted molar refractivity (Wildman–Crippen MR) is 97.2 cm³/mol. The highest BCUT2D eigenvalue weighted by molar-refractivity contribution is 6.02. The number of pyridine rings is 1.